The largest absolute Gasteiger partial charge is 0.453 e. The van der Waals surface area contributed by atoms with E-state index in [1.807, 2.05) is 18.2 Å². The van der Waals surface area contributed by atoms with E-state index in [4.69, 9.17) is 4.42 Å². The van der Waals surface area contributed by atoms with E-state index in [1.165, 1.54) is 38.2 Å². The number of halogens is 1. The molecule has 1 aliphatic carbocycles. The highest BCUT2D eigenvalue weighted by atomic mass is 19.1. The minimum atomic E-state index is -0.493. The molecule has 5 rings (SSSR count). The molecule has 2 aliphatic rings. The van der Waals surface area contributed by atoms with Crippen molar-refractivity contribution in [1.29, 1.82) is 0 Å². The van der Waals surface area contributed by atoms with Gasteiger partial charge in [0.1, 0.15) is 5.58 Å². The Labute approximate surface area is 145 Å². The van der Waals surface area contributed by atoms with Crippen molar-refractivity contribution in [2.45, 2.75) is 32.1 Å². The van der Waals surface area contributed by atoms with Gasteiger partial charge in [-0.2, -0.15) is 0 Å². The molecule has 25 heavy (non-hydrogen) atoms. The lowest BCUT2D eigenvalue weighted by molar-refractivity contribution is 0.341. The summed E-state index contributed by atoms with van der Waals surface area (Å²) in [7, 11) is 0. The highest BCUT2D eigenvalue weighted by Crippen LogP contribution is 2.46. The fourth-order valence-corrected chi connectivity index (χ4v) is 4.71. The summed E-state index contributed by atoms with van der Waals surface area (Å²) in [5.41, 5.74) is 1.88. The molecule has 0 atom stereocenters. The van der Waals surface area contributed by atoms with Gasteiger partial charge in [0.2, 0.25) is 5.43 Å². The second-order valence-electron chi connectivity index (χ2n) is 7.61. The molecule has 0 N–H and O–H groups in total. The maximum absolute atomic E-state index is 14.1. The molecule has 128 valence electrons. The van der Waals surface area contributed by atoms with Crippen LogP contribution in [0.25, 0.3) is 21.9 Å². The van der Waals surface area contributed by atoms with Gasteiger partial charge in [-0.25, -0.2) is 4.39 Å². The molecular weight excluding hydrogens is 317 g/mol. The fraction of sp³-hybridized carbons (Fsp3) is 0.381. The summed E-state index contributed by atoms with van der Waals surface area (Å²) in [6.07, 6.45) is 6.56. The summed E-state index contributed by atoms with van der Waals surface area (Å²) in [6.45, 7) is 2.11. The lowest BCUT2D eigenvalue weighted by Gasteiger charge is -2.24. The van der Waals surface area contributed by atoms with Crippen LogP contribution in [-0.4, -0.2) is 13.1 Å². The molecule has 2 fully saturated rings. The Hall–Kier alpha value is -2.36. The molecule has 2 heterocycles. The molecule has 0 bridgehead atoms. The number of hydrogen-bond donors (Lipinski definition) is 0. The summed E-state index contributed by atoms with van der Waals surface area (Å²) < 4.78 is 19.8. The van der Waals surface area contributed by atoms with Gasteiger partial charge in [-0.05, 0) is 48.9 Å². The average molecular weight is 337 g/mol. The van der Waals surface area contributed by atoms with E-state index in [2.05, 4.69) is 4.90 Å². The molecular formula is C21H20FNO2. The van der Waals surface area contributed by atoms with Crippen LogP contribution < -0.4 is 10.3 Å². The van der Waals surface area contributed by atoms with Gasteiger partial charge in [-0.1, -0.05) is 18.9 Å². The van der Waals surface area contributed by atoms with Gasteiger partial charge >= 0.3 is 0 Å². The minimum absolute atomic E-state index is 0.0471. The van der Waals surface area contributed by atoms with Gasteiger partial charge in [-0.15, -0.1) is 0 Å². The first-order valence-electron chi connectivity index (χ1n) is 9.05. The van der Waals surface area contributed by atoms with Crippen LogP contribution in [0.2, 0.25) is 0 Å². The third-order valence-corrected chi connectivity index (χ3v) is 6.10. The third kappa shape index (κ3) is 2.27. The lowest BCUT2D eigenvalue weighted by atomic mass is 9.86. The van der Waals surface area contributed by atoms with Gasteiger partial charge in [0, 0.05) is 24.8 Å². The second kappa shape index (κ2) is 5.32. The number of nitrogens with zero attached hydrogens (tertiary/aromatic N) is 1. The smallest absolute Gasteiger partial charge is 0.200 e. The normalized spacial score (nSPS) is 19.5. The summed E-state index contributed by atoms with van der Waals surface area (Å²) in [6, 6.07) is 10.2. The fourth-order valence-electron chi connectivity index (χ4n) is 4.71. The molecule has 1 aliphatic heterocycles. The Kier molecular flexibility index (Phi) is 3.18. The van der Waals surface area contributed by atoms with Gasteiger partial charge in [0.15, 0.2) is 11.4 Å². The minimum Gasteiger partial charge on any atom is -0.453 e. The third-order valence-electron chi connectivity index (χ3n) is 6.10. The Balaban J connectivity index is 1.61. The Morgan fingerprint density at radius 2 is 1.88 bits per heavy atom. The van der Waals surface area contributed by atoms with Crippen molar-refractivity contribution < 1.29 is 8.81 Å². The summed E-state index contributed by atoms with van der Waals surface area (Å²) >= 11 is 0. The first kappa shape index (κ1) is 14.9. The van der Waals surface area contributed by atoms with Crippen molar-refractivity contribution in [3.8, 4) is 0 Å². The van der Waals surface area contributed by atoms with E-state index in [-0.39, 0.29) is 11.0 Å². The summed E-state index contributed by atoms with van der Waals surface area (Å²) in [5.74, 6) is -0.493. The molecule has 4 heteroatoms. The van der Waals surface area contributed by atoms with E-state index >= 15 is 0 Å². The van der Waals surface area contributed by atoms with E-state index in [1.54, 1.807) is 12.1 Å². The van der Waals surface area contributed by atoms with E-state index in [0.29, 0.717) is 21.8 Å². The molecule has 0 amide bonds. The van der Waals surface area contributed by atoms with Gasteiger partial charge in [0.25, 0.3) is 0 Å². The van der Waals surface area contributed by atoms with E-state index in [9.17, 15) is 9.18 Å². The zero-order chi connectivity index (χ0) is 17.0. The monoisotopic (exact) mass is 337 g/mol. The van der Waals surface area contributed by atoms with Crippen LogP contribution in [0.4, 0.5) is 10.1 Å². The Bertz CT molecular complexity index is 1030. The first-order valence-corrected chi connectivity index (χ1v) is 9.05. The van der Waals surface area contributed by atoms with Gasteiger partial charge < -0.3 is 9.32 Å². The quantitative estimate of drug-likeness (QED) is 0.595. The lowest BCUT2D eigenvalue weighted by Crippen LogP contribution is -2.24. The molecule has 3 aromatic rings. The number of rotatable bonds is 1. The average Bonchev–Trinajstić information content (AvgIpc) is 3.26. The number of fused-ring (bicyclic) bond motifs is 2. The number of para-hydroxylation sites is 1. The van der Waals surface area contributed by atoms with Crippen molar-refractivity contribution in [3.05, 3.63) is 52.4 Å². The van der Waals surface area contributed by atoms with Crippen molar-refractivity contribution in [1.82, 2.24) is 0 Å². The second-order valence-corrected chi connectivity index (χ2v) is 7.61. The van der Waals surface area contributed by atoms with Crippen molar-refractivity contribution >= 4 is 27.6 Å². The van der Waals surface area contributed by atoms with E-state index < -0.39 is 5.82 Å². The van der Waals surface area contributed by atoms with Crippen molar-refractivity contribution in [2.24, 2.45) is 5.41 Å². The molecule has 1 spiro atoms. The number of hydrogen-bond acceptors (Lipinski definition) is 3. The zero-order valence-corrected chi connectivity index (χ0v) is 14.1. The molecule has 1 saturated heterocycles. The summed E-state index contributed by atoms with van der Waals surface area (Å²) in [5, 5.41) is 0.808. The topological polar surface area (TPSA) is 33.5 Å². The Morgan fingerprint density at radius 3 is 2.72 bits per heavy atom. The number of benzene rings is 2. The molecule has 1 saturated carbocycles. The molecule has 1 aromatic heterocycles. The molecule has 2 aromatic carbocycles. The van der Waals surface area contributed by atoms with Crippen molar-refractivity contribution in [2.75, 3.05) is 18.0 Å². The van der Waals surface area contributed by atoms with Gasteiger partial charge in [-0.3, -0.25) is 4.79 Å². The maximum Gasteiger partial charge on any atom is 0.200 e. The molecule has 0 radical (unpaired) electrons. The summed E-state index contributed by atoms with van der Waals surface area (Å²) in [4.78, 5) is 15.0. The first-order chi connectivity index (χ1) is 12.2. The molecule has 3 nitrogen and oxygen atoms in total. The highest BCUT2D eigenvalue weighted by Gasteiger charge is 2.40. The Morgan fingerprint density at radius 1 is 1.04 bits per heavy atom. The van der Waals surface area contributed by atoms with Crippen LogP contribution in [0.3, 0.4) is 0 Å². The zero-order valence-electron chi connectivity index (χ0n) is 14.1. The predicted molar refractivity (Wildman–Crippen MR) is 97.7 cm³/mol. The predicted octanol–water partition coefficient (Wildman–Crippen LogP) is 4.86. The standard InChI is InChI=1S/C21H20FNO2/c22-17-5-3-4-16-19(24)15-7-6-14(12-18(15)25-20(16)17)23-11-10-21(13-23)8-1-2-9-21/h3-7,12H,1-2,8-11,13H2. The van der Waals surface area contributed by atoms with Crippen LogP contribution >= 0.6 is 0 Å². The number of anilines is 1. The van der Waals surface area contributed by atoms with Crippen LogP contribution in [0.15, 0.2) is 45.6 Å². The van der Waals surface area contributed by atoms with Gasteiger partial charge in [0.05, 0.1) is 10.8 Å². The van der Waals surface area contributed by atoms with Crippen molar-refractivity contribution in [3.63, 3.8) is 0 Å². The van der Waals surface area contributed by atoms with Crippen LogP contribution in [0.1, 0.15) is 32.1 Å². The molecule has 0 unspecified atom stereocenters. The van der Waals surface area contributed by atoms with Crippen LogP contribution in [0.5, 0.6) is 0 Å². The van der Waals surface area contributed by atoms with E-state index in [0.717, 1.165) is 18.8 Å². The van der Waals surface area contributed by atoms with Crippen LogP contribution in [0, 0.1) is 11.2 Å². The highest BCUT2D eigenvalue weighted by molar-refractivity contribution is 5.91. The maximum atomic E-state index is 14.1. The van der Waals surface area contributed by atoms with Crippen LogP contribution in [-0.2, 0) is 0 Å². The SMILES string of the molecule is O=c1c2ccc(N3CCC4(CCCC4)C3)cc2oc2c(F)cccc12.